The highest BCUT2D eigenvalue weighted by molar-refractivity contribution is 7.00. The van der Waals surface area contributed by atoms with Gasteiger partial charge in [0, 0.05) is 18.1 Å². The van der Waals surface area contributed by atoms with Gasteiger partial charge in [-0.05, 0) is 18.2 Å². The van der Waals surface area contributed by atoms with Gasteiger partial charge < -0.3 is 9.88 Å². The third-order valence-electron chi connectivity index (χ3n) is 2.42. The summed E-state index contributed by atoms with van der Waals surface area (Å²) in [7, 11) is 0. The summed E-state index contributed by atoms with van der Waals surface area (Å²) in [5.74, 6) is -0.101. The first-order valence-corrected chi connectivity index (χ1v) is 6.02. The number of nitrogens with zero attached hydrogens (tertiary/aromatic N) is 4. The van der Waals surface area contributed by atoms with Crippen molar-refractivity contribution in [3.63, 3.8) is 0 Å². The molecule has 0 aliphatic carbocycles. The van der Waals surface area contributed by atoms with E-state index in [-0.39, 0.29) is 12.5 Å². The number of hydrogen-bond acceptors (Lipinski definition) is 5. The molecule has 2 aromatic heterocycles. The van der Waals surface area contributed by atoms with Gasteiger partial charge in [0.15, 0.2) is 0 Å². The fourth-order valence-electron chi connectivity index (χ4n) is 1.61. The molecule has 0 bridgehead atoms. The van der Waals surface area contributed by atoms with Crippen LogP contribution >= 0.6 is 11.7 Å². The number of aromatic nitrogens is 4. The van der Waals surface area contributed by atoms with Gasteiger partial charge in [-0.2, -0.15) is 8.75 Å². The number of carbonyl (C=O) groups is 1. The molecule has 0 fully saturated rings. The van der Waals surface area contributed by atoms with Crippen LogP contribution in [0.25, 0.3) is 11.0 Å². The van der Waals surface area contributed by atoms with Gasteiger partial charge in [0.05, 0.1) is 18.1 Å². The molecule has 1 amide bonds. The van der Waals surface area contributed by atoms with Crippen LogP contribution in [0.2, 0.25) is 0 Å². The molecule has 3 rings (SSSR count). The summed E-state index contributed by atoms with van der Waals surface area (Å²) in [6, 6.07) is 5.46. The van der Waals surface area contributed by atoms with E-state index in [0.29, 0.717) is 0 Å². The lowest BCUT2D eigenvalue weighted by Crippen LogP contribution is -2.17. The molecule has 0 spiro atoms. The molecular formula is C11H9N5OS. The Bertz CT molecular complexity index is 676. The second kappa shape index (κ2) is 4.53. The lowest BCUT2D eigenvalue weighted by atomic mass is 10.2. The number of carbonyl (C=O) groups excluding carboxylic acids is 1. The van der Waals surface area contributed by atoms with Crippen molar-refractivity contribution < 1.29 is 4.79 Å². The van der Waals surface area contributed by atoms with Crippen LogP contribution in [0.15, 0.2) is 36.9 Å². The zero-order valence-electron chi connectivity index (χ0n) is 9.28. The smallest absolute Gasteiger partial charge is 0.244 e. The standard InChI is InChI=1S/C11H9N5OS/c17-11(6-16-4-3-12-7-16)13-8-1-2-9-10(5-8)15-18-14-9/h1-5,7H,6H2,(H,13,17). The van der Waals surface area contributed by atoms with Gasteiger partial charge in [-0.1, -0.05) is 0 Å². The molecule has 0 saturated carbocycles. The summed E-state index contributed by atoms with van der Waals surface area (Å²) < 4.78 is 9.94. The van der Waals surface area contributed by atoms with E-state index < -0.39 is 0 Å². The Morgan fingerprint density at radius 1 is 1.33 bits per heavy atom. The lowest BCUT2D eigenvalue weighted by molar-refractivity contribution is -0.116. The number of fused-ring (bicyclic) bond motifs is 1. The van der Waals surface area contributed by atoms with Crippen molar-refractivity contribution in [2.24, 2.45) is 0 Å². The Labute approximate surface area is 107 Å². The van der Waals surface area contributed by atoms with Crippen LogP contribution in [0, 0.1) is 0 Å². The molecule has 6 nitrogen and oxygen atoms in total. The fourth-order valence-corrected chi connectivity index (χ4v) is 2.12. The van der Waals surface area contributed by atoms with Crippen molar-refractivity contribution in [2.45, 2.75) is 6.54 Å². The SMILES string of the molecule is O=C(Cn1ccnc1)Nc1ccc2nsnc2c1. The fraction of sp³-hybridized carbons (Fsp3) is 0.0909. The van der Waals surface area contributed by atoms with Crippen molar-refractivity contribution in [2.75, 3.05) is 5.32 Å². The van der Waals surface area contributed by atoms with Crippen molar-refractivity contribution in [3.8, 4) is 0 Å². The first kappa shape index (κ1) is 10.8. The van der Waals surface area contributed by atoms with Crippen molar-refractivity contribution in [1.82, 2.24) is 18.3 Å². The van der Waals surface area contributed by atoms with Crippen LogP contribution in [0.5, 0.6) is 0 Å². The normalized spacial score (nSPS) is 10.7. The highest BCUT2D eigenvalue weighted by atomic mass is 32.1. The maximum absolute atomic E-state index is 11.8. The van der Waals surface area contributed by atoms with E-state index in [1.165, 1.54) is 0 Å². The molecule has 0 atom stereocenters. The molecule has 90 valence electrons. The molecule has 7 heteroatoms. The number of anilines is 1. The maximum Gasteiger partial charge on any atom is 0.244 e. The summed E-state index contributed by atoms with van der Waals surface area (Å²) >= 11 is 1.16. The van der Waals surface area contributed by atoms with Crippen LogP contribution in [0.1, 0.15) is 0 Å². The Kier molecular flexibility index (Phi) is 2.73. The predicted molar refractivity (Wildman–Crippen MR) is 68.3 cm³/mol. The second-order valence-corrected chi connectivity index (χ2v) is 4.28. The van der Waals surface area contributed by atoms with Crippen molar-refractivity contribution >= 4 is 34.4 Å². The van der Waals surface area contributed by atoms with E-state index in [2.05, 4.69) is 19.0 Å². The second-order valence-electron chi connectivity index (χ2n) is 3.75. The molecule has 18 heavy (non-hydrogen) atoms. The van der Waals surface area contributed by atoms with Crippen LogP contribution in [-0.4, -0.2) is 24.2 Å². The molecule has 0 saturated heterocycles. The van der Waals surface area contributed by atoms with Gasteiger partial charge in [0.1, 0.15) is 17.6 Å². The molecule has 2 heterocycles. The predicted octanol–water partition coefficient (Wildman–Crippen LogP) is 1.53. The first-order chi connectivity index (χ1) is 8.81. The number of rotatable bonds is 3. The van der Waals surface area contributed by atoms with Crippen LogP contribution < -0.4 is 5.32 Å². The lowest BCUT2D eigenvalue weighted by Gasteiger charge is -2.05. The molecule has 0 aliphatic rings. The summed E-state index contributed by atoms with van der Waals surface area (Å²) in [5, 5.41) is 2.81. The monoisotopic (exact) mass is 259 g/mol. The minimum atomic E-state index is -0.101. The highest BCUT2D eigenvalue weighted by Gasteiger charge is 2.05. The summed E-state index contributed by atoms with van der Waals surface area (Å²) in [5.41, 5.74) is 2.35. The number of amides is 1. The van der Waals surface area contributed by atoms with Crippen LogP contribution in [0.3, 0.4) is 0 Å². The van der Waals surface area contributed by atoms with Gasteiger partial charge in [-0.25, -0.2) is 4.98 Å². The van der Waals surface area contributed by atoms with E-state index in [9.17, 15) is 4.79 Å². The molecule has 1 N–H and O–H groups in total. The maximum atomic E-state index is 11.8. The Balaban J connectivity index is 1.73. The zero-order chi connectivity index (χ0) is 12.4. The molecule has 0 unspecified atom stereocenters. The van der Waals surface area contributed by atoms with Crippen molar-refractivity contribution in [1.29, 1.82) is 0 Å². The van der Waals surface area contributed by atoms with Gasteiger partial charge in [0.25, 0.3) is 0 Å². The van der Waals surface area contributed by atoms with E-state index in [1.807, 2.05) is 18.2 Å². The quantitative estimate of drug-likeness (QED) is 0.774. The van der Waals surface area contributed by atoms with E-state index in [4.69, 9.17) is 0 Å². The number of hydrogen-bond donors (Lipinski definition) is 1. The highest BCUT2D eigenvalue weighted by Crippen LogP contribution is 2.16. The van der Waals surface area contributed by atoms with Gasteiger partial charge in [-0.15, -0.1) is 0 Å². The summed E-state index contributed by atoms with van der Waals surface area (Å²) in [6.07, 6.45) is 4.99. The average molecular weight is 259 g/mol. The third kappa shape index (κ3) is 2.21. The van der Waals surface area contributed by atoms with E-state index in [0.717, 1.165) is 28.4 Å². The van der Waals surface area contributed by atoms with Crippen LogP contribution in [0.4, 0.5) is 5.69 Å². The molecule has 3 aromatic rings. The first-order valence-electron chi connectivity index (χ1n) is 5.29. The number of benzene rings is 1. The largest absolute Gasteiger partial charge is 0.328 e. The van der Waals surface area contributed by atoms with Gasteiger partial charge >= 0.3 is 0 Å². The molecule has 1 aromatic carbocycles. The third-order valence-corrected chi connectivity index (χ3v) is 2.98. The molecule has 0 aliphatic heterocycles. The minimum absolute atomic E-state index is 0.101. The molecule has 0 radical (unpaired) electrons. The van der Waals surface area contributed by atoms with Gasteiger partial charge in [-0.3, -0.25) is 4.79 Å². The van der Waals surface area contributed by atoms with E-state index in [1.54, 1.807) is 23.3 Å². The minimum Gasteiger partial charge on any atom is -0.328 e. The Morgan fingerprint density at radius 2 is 2.22 bits per heavy atom. The number of nitrogens with one attached hydrogen (secondary N) is 1. The zero-order valence-corrected chi connectivity index (χ0v) is 10.1. The molecular weight excluding hydrogens is 250 g/mol. The van der Waals surface area contributed by atoms with E-state index >= 15 is 0 Å². The summed E-state index contributed by atoms with van der Waals surface area (Å²) in [4.78, 5) is 15.6. The average Bonchev–Trinajstić information content (AvgIpc) is 2.98. The number of imidazole rings is 1. The van der Waals surface area contributed by atoms with Crippen LogP contribution in [-0.2, 0) is 11.3 Å². The Hall–Kier alpha value is -2.28. The van der Waals surface area contributed by atoms with Gasteiger partial charge in [0.2, 0.25) is 5.91 Å². The Morgan fingerprint density at radius 3 is 3.06 bits per heavy atom. The summed E-state index contributed by atoms with van der Waals surface area (Å²) in [6.45, 7) is 0.243. The topological polar surface area (TPSA) is 72.7 Å². The van der Waals surface area contributed by atoms with Crippen molar-refractivity contribution in [3.05, 3.63) is 36.9 Å².